The molecule has 0 spiro atoms. The van der Waals surface area contributed by atoms with Gasteiger partial charge in [-0.2, -0.15) is 0 Å². The Morgan fingerprint density at radius 3 is 3.00 bits per heavy atom. The maximum absolute atomic E-state index is 5.27. The number of rotatable bonds is 1. The van der Waals surface area contributed by atoms with Gasteiger partial charge in [0.2, 0.25) is 0 Å². The third-order valence-electron chi connectivity index (χ3n) is 2.05. The summed E-state index contributed by atoms with van der Waals surface area (Å²) in [5.74, 6) is 0.530. The number of H-pyrrole nitrogens is 1. The lowest BCUT2D eigenvalue weighted by Gasteiger charge is -1.89. The van der Waals surface area contributed by atoms with Gasteiger partial charge < -0.3 is 4.42 Å². The van der Waals surface area contributed by atoms with Crippen LogP contribution in [0.2, 0.25) is 0 Å². The Bertz CT molecular complexity index is 715. The molecule has 3 aromatic rings. The van der Waals surface area contributed by atoms with Crippen molar-refractivity contribution in [2.75, 3.05) is 0 Å². The summed E-state index contributed by atoms with van der Waals surface area (Å²) in [7, 11) is 0. The number of fused-ring (bicyclic) bond motifs is 1. The Kier molecular flexibility index (Phi) is 2.52. The first-order valence-corrected chi connectivity index (χ1v) is 6.63. The van der Waals surface area contributed by atoms with Crippen LogP contribution in [0.3, 0.4) is 0 Å². The molecule has 16 heavy (non-hydrogen) atoms. The number of halogens is 1. The van der Waals surface area contributed by atoms with E-state index >= 15 is 0 Å². The van der Waals surface area contributed by atoms with Crippen LogP contribution in [0.25, 0.3) is 20.9 Å². The highest BCUT2D eigenvalue weighted by Gasteiger charge is 2.10. The molecule has 0 aliphatic rings. The van der Waals surface area contributed by atoms with Gasteiger partial charge in [0.05, 0.1) is 9.58 Å². The van der Waals surface area contributed by atoms with Crippen molar-refractivity contribution in [3.8, 4) is 10.8 Å². The zero-order chi connectivity index (χ0) is 11.1. The van der Waals surface area contributed by atoms with Crippen molar-refractivity contribution < 1.29 is 4.42 Å². The number of pyridine rings is 1. The average molecular weight is 361 g/mol. The van der Waals surface area contributed by atoms with E-state index in [1.165, 1.54) is 5.39 Å². The van der Waals surface area contributed by atoms with E-state index in [9.17, 15) is 0 Å². The second kappa shape index (κ2) is 3.90. The minimum absolute atomic E-state index is 0.292. The van der Waals surface area contributed by atoms with E-state index in [1.54, 1.807) is 11.3 Å². The van der Waals surface area contributed by atoms with Gasteiger partial charge >= 0.3 is 0 Å². The molecule has 0 saturated heterocycles. The number of hydrogen-bond donors (Lipinski definition) is 1. The van der Waals surface area contributed by atoms with Crippen molar-refractivity contribution in [1.82, 2.24) is 15.2 Å². The molecule has 3 heterocycles. The first-order valence-electron chi connectivity index (χ1n) is 4.33. The van der Waals surface area contributed by atoms with Gasteiger partial charge in [0.1, 0.15) is 0 Å². The van der Waals surface area contributed by atoms with Crippen LogP contribution in [0.15, 0.2) is 22.9 Å². The summed E-state index contributed by atoms with van der Waals surface area (Å²) in [5.41, 5.74) is 0. The molecule has 3 aromatic heterocycles. The van der Waals surface area contributed by atoms with Gasteiger partial charge in [0, 0.05) is 21.4 Å². The quantitative estimate of drug-likeness (QED) is 0.532. The highest BCUT2D eigenvalue weighted by atomic mass is 127. The van der Waals surface area contributed by atoms with Crippen LogP contribution in [-0.4, -0.2) is 15.2 Å². The Morgan fingerprint density at radius 1 is 1.44 bits per heavy atom. The Morgan fingerprint density at radius 2 is 2.31 bits per heavy atom. The fourth-order valence-corrected chi connectivity index (χ4v) is 3.26. The van der Waals surface area contributed by atoms with Crippen molar-refractivity contribution in [2.24, 2.45) is 0 Å². The molecular weight excluding hydrogens is 357 g/mol. The van der Waals surface area contributed by atoms with E-state index in [1.807, 2.05) is 18.5 Å². The summed E-state index contributed by atoms with van der Waals surface area (Å²) in [6, 6.07) is 2.04. The Balaban J connectivity index is 2.26. The molecular formula is C9H4IN3OS2. The molecule has 3 rings (SSSR count). The fraction of sp³-hybridized carbons (Fsp3) is 0. The summed E-state index contributed by atoms with van der Waals surface area (Å²) < 4.78 is 7.51. The number of aromatic nitrogens is 3. The van der Waals surface area contributed by atoms with Crippen LogP contribution in [0.5, 0.6) is 0 Å². The fourth-order valence-electron chi connectivity index (χ4n) is 1.37. The number of nitrogens with one attached hydrogen (secondary N) is 1. The maximum Gasteiger partial charge on any atom is 0.284 e. The van der Waals surface area contributed by atoms with Crippen molar-refractivity contribution in [2.45, 2.75) is 0 Å². The zero-order valence-corrected chi connectivity index (χ0v) is 11.5. The molecule has 0 bridgehead atoms. The van der Waals surface area contributed by atoms with Gasteiger partial charge in [0.25, 0.3) is 10.7 Å². The van der Waals surface area contributed by atoms with Crippen molar-refractivity contribution in [3.05, 3.63) is 26.9 Å². The summed E-state index contributed by atoms with van der Waals surface area (Å²) in [6.07, 6.45) is 3.67. The molecule has 0 fully saturated rings. The van der Waals surface area contributed by atoms with E-state index in [2.05, 4.69) is 37.8 Å². The number of nitrogens with zero attached hydrogens (tertiary/aromatic N) is 2. The van der Waals surface area contributed by atoms with E-state index in [0.29, 0.717) is 10.7 Å². The second-order valence-electron chi connectivity index (χ2n) is 3.06. The van der Waals surface area contributed by atoms with Crippen LogP contribution in [0, 0.1) is 8.41 Å². The topological polar surface area (TPSA) is 54.7 Å². The molecule has 0 amide bonds. The highest BCUT2D eigenvalue weighted by molar-refractivity contribution is 14.1. The lowest BCUT2D eigenvalue weighted by molar-refractivity contribution is 0.553. The molecule has 7 heteroatoms. The van der Waals surface area contributed by atoms with Gasteiger partial charge in [-0.25, -0.2) is 5.10 Å². The lowest BCUT2D eigenvalue weighted by atomic mass is 10.3. The molecule has 0 radical (unpaired) electrons. The Hall–Kier alpha value is -0.800. The minimum Gasteiger partial charge on any atom is -0.408 e. The molecule has 0 aliphatic carbocycles. The SMILES string of the molecule is S=c1[nH]nc(-c2cc3c(I)cncc3s2)o1. The van der Waals surface area contributed by atoms with Gasteiger partial charge in [-0.1, -0.05) is 0 Å². The standard InChI is InChI=1S/C9H4IN3OS2/c10-5-2-11-3-7-4(5)1-6(16-7)8-12-13-9(15)14-8/h1-3H,(H,13,15). The molecule has 4 nitrogen and oxygen atoms in total. The van der Waals surface area contributed by atoms with Crippen LogP contribution >= 0.6 is 46.1 Å². The first-order chi connectivity index (χ1) is 7.74. The van der Waals surface area contributed by atoms with Crippen LogP contribution in [0.4, 0.5) is 0 Å². The summed E-state index contributed by atoms with van der Waals surface area (Å²) >= 11 is 8.69. The van der Waals surface area contributed by atoms with E-state index in [0.717, 1.165) is 13.1 Å². The van der Waals surface area contributed by atoms with Crippen LogP contribution in [-0.2, 0) is 0 Å². The highest BCUT2D eigenvalue weighted by Crippen LogP contribution is 2.33. The lowest BCUT2D eigenvalue weighted by Crippen LogP contribution is -1.74. The molecule has 0 unspecified atom stereocenters. The summed E-state index contributed by atoms with van der Waals surface area (Å²) in [4.78, 5) is 5.39. The predicted molar refractivity (Wildman–Crippen MR) is 73.0 cm³/mol. The molecule has 1 N–H and O–H groups in total. The molecule has 0 aliphatic heterocycles. The van der Waals surface area contributed by atoms with E-state index in [4.69, 9.17) is 16.6 Å². The molecule has 0 saturated carbocycles. The molecule has 0 atom stereocenters. The van der Waals surface area contributed by atoms with E-state index < -0.39 is 0 Å². The molecule has 0 aromatic carbocycles. The van der Waals surface area contributed by atoms with Crippen molar-refractivity contribution in [1.29, 1.82) is 0 Å². The van der Waals surface area contributed by atoms with Gasteiger partial charge in [-0.3, -0.25) is 4.98 Å². The Labute approximate surface area is 113 Å². The normalized spacial score (nSPS) is 11.1. The number of hydrogen-bond acceptors (Lipinski definition) is 5. The predicted octanol–water partition coefficient (Wildman–Crippen LogP) is 3.61. The van der Waals surface area contributed by atoms with Gasteiger partial charge in [-0.05, 0) is 40.9 Å². The smallest absolute Gasteiger partial charge is 0.284 e. The zero-order valence-electron chi connectivity index (χ0n) is 7.73. The average Bonchev–Trinajstić information content (AvgIpc) is 2.84. The van der Waals surface area contributed by atoms with Gasteiger partial charge in [0.15, 0.2) is 0 Å². The summed E-state index contributed by atoms with van der Waals surface area (Å²) in [5, 5.41) is 7.78. The first kappa shape index (κ1) is 10.4. The van der Waals surface area contributed by atoms with Crippen molar-refractivity contribution >= 4 is 56.2 Å². The maximum atomic E-state index is 5.27. The number of aromatic amines is 1. The van der Waals surface area contributed by atoms with E-state index in [-0.39, 0.29) is 0 Å². The van der Waals surface area contributed by atoms with Crippen LogP contribution < -0.4 is 0 Å². The minimum atomic E-state index is 0.292. The molecule has 80 valence electrons. The monoisotopic (exact) mass is 361 g/mol. The second-order valence-corrected chi connectivity index (χ2v) is 5.68. The third-order valence-corrected chi connectivity index (χ3v) is 4.14. The summed E-state index contributed by atoms with van der Waals surface area (Å²) in [6.45, 7) is 0. The van der Waals surface area contributed by atoms with Gasteiger partial charge in [-0.15, -0.1) is 16.4 Å². The van der Waals surface area contributed by atoms with Crippen LogP contribution in [0.1, 0.15) is 0 Å². The number of thiophene rings is 1. The third kappa shape index (κ3) is 1.68. The van der Waals surface area contributed by atoms with Crippen molar-refractivity contribution in [3.63, 3.8) is 0 Å². The largest absolute Gasteiger partial charge is 0.408 e.